The number of primary amides is 1. The zero-order chi connectivity index (χ0) is 8.55. The van der Waals surface area contributed by atoms with E-state index in [1.807, 2.05) is 10.6 Å². The van der Waals surface area contributed by atoms with Crippen LogP contribution in [0.15, 0.2) is 12.1 Å². The van der Waals surface area contributed by atoms with Crippen molar-refractivity contribution in [1.82, 2.24) is 4.57 Å². The fourth-order valence-electron chi connectivity index (χ4n) is 1.53. The summed E-state index contributed by atoms with van der Waals surface area (Å²) in [5, 5.41) is 3.19. The highest BCUT2D eigenvalue weighted by molar-refractivity contribution is 5.92. The van der Waals surface area contributed by atoms with E-state index in [2.05, 4.69) is 5.32 Å². The van der Waals surface area contributed by atoms with E-state index < -0.39 is 0 Å². The second-order valence-corrected chi connectivity index (χ2v) is 2.90. The second-order valence-electron chi connectivity index (χ2n) is 2.90. The van der Waals surface area contributed by atoms with Gasteiger partial charge < -0.3 is 15.6 Å². The van der Waals surface area contributed by atoms with E-state index in [1.165, 1.54) is 0 Å². The molecule has 1 aromatic rings. The average Bonchev–Trinajstić information content (AvgIpc) is 2.47. The number of carbonyl (C=O) groups excluding carboxylic acids is 1. The molecule has 4 heteroatoms. The molecule has 0 saturated heterocycles. The topological polar surface area (TPSA) is 60.1 Å². The number of anilines is 1. The Morgan fingerprint density at radius 3 is 3.17 bits per heavy atom. The van der Waals surface area contributed by atoms with E-state index in [4.69, 9.17) is 5.73 Å². The summed E-state index contributed by atoms with van der Waals surface area (Å²) in [4.78, 5) is 10.9. The van der Waals surface area contributed by atoms with Gasteiger partial charge in [0.15, 0.2) is 0 Å². The molecule has 1 aromatic heterocycles. The minimum atomic E-state index is -0.357. The largest absolute Gasteiger partial charge is 0.371 e. The second kappa shape index (κ2) is 2.55. The van der Waals surface area contributed by atoms with Crippen molar-refractivity contribution in [3.63, 3.8) is 0 Å². The molecule has 0 atom stereocenters. The van der Waals surface area contributed by atoms with E-state index >= 15 is 0 Å². The SMILES string of the molecule is NC(=O)c1ccc2n1CCCN2. The highest BCUT2D eigenvalue weighted by atomic mass is 16.1. The van der Waals surface area contributed by atoms with Gasteiger partial charge in [-0.2, -0.15) is 0 Å². The Bertz CT molecular complexity index is 316. The minimum absolute atomic E-state index is 0.357. The number of rotatable bonds is 1. The smallest absolute Gasteiger partial charge is 0.265 e. The molecule has 0 radical (unpaired) electrons. The van der Waals surface area contributed by atoms with Gasteiger partial charge in [0.2, 0.25) is 0 Å². The first-order valence-electron chi connectivity index (χ1n) is 4.02. The number of nitrogens with two attached hydrogens (primary N) is 1. The Labute approximate surface area is 70.4 Å². The van der Waals surface area contributed by atoms with Crippen LogP contribution in [0.1, 0.15) is 16.9 Å². The van der Waals surface area contributed by atoms with Gasteiger partial charge in [-0.1, -0.05) is 0 Å². The molecule has 0 unspecified atom stereocenters. The summed E-state index contributed by atoms with van der Waals surface area (Å²) < 4.78 is 1.92. The quantitative estimate of drug-likeness (QED) is 0.633. The van der Waals surface area contributed by atoms with Crippen LogP contribution < -0.4 is 11.1 Å². The molecule has 0 fully saturated rings. The number of carbonyl (C=O) groups is 1. The van der Waals surface area contributed by atoms with Crippen molar-refractivity contribution in [2.24, 2.45) is 5.73 Å². The first-order valence-corrected chi connectivity index (χ1v) is 4.02. The molecule has 1 aliphatic heterocycles. The third kappa shape index (κ3) is 0.958. The van der Waals surface area contributed by atoms with Crippen molar-refractivity contribution in [3.05, 3.63) is 17.8 Å². The van der Waals surface area contributed by atoms with Crippen LogP contribution in [0.2, 0.25) is 0 Å². The van der Waals surface area contributed by atoms with Gasteiger partial charge in [0.25, 0.3) is 5.91 Å². The molecule has 1 aliphatic rings. The molecule has 1 amide bonds. The number of aromatic nitrogens is 1. The zero-order valence-corrected chi connectivity index (χ0v) is 6.71. The number of nitrogens with one attached hydrogen (secondary N) is 1. The van der Waals surface area contributed by atoms with Crippen LogP contribution in [0, 0.1) is 0 Å². The van der Waals surface area contributed by atoms with Gasteiger partial charge in [0.1, 0.15) is 11.5 Å². The predicted octanol–water partition coefficient (Wildman–Crippen LogP) is 0.403. The van der Waals surface area contributed by atoms with Crippen molar-refractivity contribution in [1.29, 1.82) is 0 Å². The van der Waals surface area contributed by atoms with Crippen molar-refractivity contribution in [2.75, 3.05) is 11.9 Å². The van der Waals surface area contributed by atoms with Gasteiger partial charge in [0.05, 0.1) is 0 Å². The lowest BCUT2D eigenvalue weighted by atomic mass is 10.3. The normalized spacial score (nSPS) is 15.0. The molecule has 3 N–H and O–H groups in total. The molecule has 0 aliphatic carbocycles. The number of hydrogen-bond donors (Lipinski definition) is 2. The lowest BCUT2D eigenvalue weighted by molar-refractivity contribution is 0.0991. The first-order chi connectivity index (χ1) is 5.79. The van der Waals surface area contributed by atoms with Crippen LogP contribution in [-0.4, -0.2) is 17.0 Å². The maximum absolute atomic E-state index is 10.9. The van der Waals surface area contributed by atoms with E-state index in [1.54, 1.807) is 6.07 Å². The molecule has 12 heavy (non-hydrogen) atoms. The lowest BCUT2D eigenvalue weighted by Crippen LogP contribution is -2.22. The Kier molecular flexibility index (Phi) is 1.53. The summed E-state index contributed by atoms with van der Waals surface area (Å²) in [5.74, 6) is 0.639. The standard InChI is InChI=1S/C8H11N3O/c9-8(12)6-2-3-7-10-4-1-5-11(6)7/h2-3,10H,1,4-5H2,(H2,9,12). The Morgan fingerprint density at radius 2 is 2.42 bits per heavy atom. The van der Waals surface area contributed by atoms with Crippen molar-refractivity contribution in [3.8, 4) is 0 Å². The maximum Gasteiger partial charge on any atom is 0.265 e. The average molecular weight is 165 g/mol. The fourth-order valence-corrected chi connectivity index (χ4v) is 1.53. The maximum atomic E-state index is 10.9. The molecular weight excluding hydrogens is 154 g/mol. The molecule has 0 bridgehead atoms. The summed E-state index contributed by atoms with van der Waals surface area (Å²) in [5.41, 5.74) is 5.79. The van der Waals surface area contributed by atoms with E-state index in [0.717, 1.165) is 25.3 Å². The number of amides is 1. The highest BCUT2D eigenvalue weighted by Gasteiger charge is 2.14. The van der Waals surface area contributed by atoms with Crippen LogP contribution in [-0.2, 0) is 6.54 Å². The Morgan fingerprint density at radius 1 is 1.58 bits per heavy atom. The van der Waals surface area contributed by atoms with E-state index in [9.17, 15) is 4.79 Å². The fraction of sp³-hybridized carbons (Fsp3) is 0.375. The van der Waals surface area contributed by atoms with Gasteiger partial charge in [-0.25, -0.2) is 0 Å². The third-order valence-corrected chi connectivity index (χ3v) is 2.10. The molecule has 0 aromatic carbocycles. The van der Waals surface area contributed by atoms with Gasteiger partial charge in [-0.05, 0) is 18.6 Å². The number of fused-ring (bicyclic) bond motifs is 1. The summed E-state index contributed by atoms with van der Waals surface area (Å²) in [6.45, 7) is 1.86. The molecule has 2 rings (SSSR count). The first kappa shape index (κ1) is 7.21. The molecule has 0 saturated carbocycles. The highest BCUT2D eigenvalue weighted by Crippen LogP contribution is 2.18. The zero-order valence-electron chi connectivity index (χ0n) is 6.71. The van der Waals surface area contributed by atoms with Crippen LogP contribution in [0.25, 0.3) is 0 Å². The Balaban J connectivity index is 2.44. The monoisotopic (exact) mass is 165 g/mol. The summed E-state index contributed by atoms with van der Waals surface area (Å²) in [7, 11) is 0. The number of nitrogens with zero attached hydrogens (tertiary/aromatic N) is 1. The van der Waals surface area contributed by atoms with Crippen LogP contribution >= 0.6 is 0 Å². The molecule has 2 heterocycles. The lowest BCUT2D eigenvalue weighted by Gasteiger charge is -2.18. The summed E-state index contributed by atoms with van der Waals surface area (Å²) in [6, 6.07) is 3.65. The van der Waals surface area contributed by atoms with Crippen molar-refractivity contribution >= 4 is 11.7 Å². The van der Waals surface area contributed by atoms with E-state index in [-0.39, 0.29) is 5.91 Å². The Hall–Kier alpha value is -1.45. The molecule has 4 nitrogen and oxygen atoms in total. The summed E-state index contributed by atoms with van der Waals surface area (Å²) in [6.07, 6.45) is 1.04. The van der Waals surface area contributed by atoms with Crippen LogP contribution in [0.4, 0.5) is 5.82 Å². The van der Waals surface area contributed by atoms with Crippen LogP contribution in [0.3, 0.4) is 0 Å². The summed E-state index contributed by atoms with van der Waals surface area (Å²) >= 11 is 0. The van der Waals surface area contributed by atoms with E-state index in [0.29, 0.717) is 5.69 Å². The van der Waals surface area contributed by atoms with Gasteiger partial charge in [-0.15, -0.1) is 0 Å². The predicted molar refractivity (Wildman–Crippen MR) is 46.1 cm³/mol. The third-order valence-electron chi connectivity index (χ3n) is 2.10. The van der Waals surface area contributed by atoms with Gasteiger partial charge >= 0.3 is 0 Å². The molecular formula is C8H11N3O. The van der Waals surface area contributed by atoms with Crippen molar-refractivity contribution in [2.45, 2.75) is 13.0 Å². The van der Waals surface area contributed by atoms with Gasteiger partial charge in [0, 0.05) is 13.1 Å². The van der Waals surface area contributed by atoms with Crippen molar-refractivity contribution < 1.29 is 4.79 Å². The number of hydrogen-bond acceptors (Lipinski definition) is 2. The van der Waals surface area contributed by atoms with Gasteiger partial charge in [-0.3, -0.25) is 4.79 Å². The minimum Gasteiger partial charge on any atom is -0.371 e. The molecule has 64 valence electrons. The molecule has 0 spiro atoms. The van der Waals surface area contributed by atoms with Crippen LogP contribution in [0.5, 0.6) is 0 Å².